The first kappa shape index (κ1) is 18.4. The lowest BCUT2D eigenvalue weighted by atomic mass is 10.3. The number of amides is 1. The highest BCUT2D eigenvalue weighted by atomic mass is 32.2. The van der Waals surface area contributed by atoms with Crippen molar-refractivity contribution in [2.75, 3.05) is 42.5 Å². The molecule has 0 unspecified atom stereocenters. The number of hydrogen-bond acceptors (Lipinski definition) is 7. The third kappa shape index (κ3) is 7.79. The number of rotatable bonds is 7. The fourth-order valence-corrected chi connectivity index (χ4v) is 3.74. The molecule has 0 bridgehead atoms. The van der Waals surface area contributed by atoms with Crippen molar-refractivity contribution in [3.05, 3.63) is 0 Å². The highest BCUT2D eigenvalue weighted by Crippen LogP contribution is 2.15. The molecule has 0 aromatic heterocycles. The van der Waals surface area contributed by atoms with Gasteiger partial charge in [0.05, 0.1) is 24.7 Å². The van der Waals surface area contributed by atoms with Crippen LogP contribution in [-0.2, 0) is 14.8 Å². The number of sulfonamides is 1. The molecule has 1 fully saturated rings. The van der Waals surface area contributed by atoms with E-state index < -0.39 is 16.1 Å². The second-order valence-corrected chi connectivity index (χ2v) is 8.43. The first-order chi connectivity index (χ1) is 9.79. The third-order valence-corrected chi connectivity index (χ3v) is 5.10. The Morgan fingerprint density at radius 3 is 2.86 bits per heavy atom. The molecule has 1 aliphatic heterocycles. The zero-order valence-corrected chi connectivity index (χ0v) is 14.3. The van der Waals surface area contributed by atoms with Crippen LogP contribution in [0.3, 0.4) is 0 Å². The number of thioether (sulfide) groups is 2. The van der Waals surface area contributed by atoms with Crippen molar-refractivity contribution in [2.45, 2.75) is 6.04 Å². The summed E-state index contributed by atoms with van der Waals surface area (Å²) in [4.78, 5) is 17.6. The van der Waals surface area contributed by atoms with Crippen LogP contribution < -0.4 is 16.2 Å². The van der Waals surface area contributed by atoms with Crippen molar-refractivity contribution in [1.82, 2.24) is 9.62 Å². The Balaban J connectivity index is 2.18. The van der Waals surface area contributed by atoms with E-state index in [0.29, 0.717) is 18.1 Å². The van der Waals surface area contributed by atoms with Gasteiger partial charge in [0.2, 0.25) is 21.9 Å². The minimum absolute atomic E-state index is 0.0192. The molecule has 8 nitrogen and oxygen atoms in total. The summed E-state index contributed by atoms with van der Waals surface area (Å²) in [5.74, 6) is 2.65. The summed E-state index contributed by atoms with van der Waals surface area (Å²) in [5.41, 5.74) is 11.2. The molecule has 1 heterocycles. The van der Waals surface area contributed by atoms with Crippen LogP contribution in [0, 0.1) is 0 Å². The topological polar surface area (TPSA) is 131 Å². The van der Waals surface area contributed by atoms with Crippen LogP contribution >= 0.6 is 23.5 Å². The number of carbonyl (C=O) groups is 1. The van der Waals surface area contributed by atoms with E-state index in [4.69, 9.17) is 11.5 Å². The van der Waals surface area contributed by atoms with Gasteiger partial charge in [-0.2, -0.15) is 11.8 Å². The molecule has 5 N–H and O–H groups in total. The van der Waals surface area contributed by atoms with Gasteiger partial charge in [-0.1, -0.05) is 0 Å². The standard InChI is InChI=1S/C10H21N5O3S3/c1-21(17,18)14-10(12)13-2-4-19-6-8(11)9(16)15-3-5-20-7-15/h8H,2-7,11H2,1H3,(H3,12,13,14)/t8-/m1/s1. The second-order valence-electron chi connectivity index (χ2n) is 4.46. The smallest absolute Gasteiger partial charge is 0.241 e. The molecule has 1 rings (SSSR count). The van der Waals surface area contributed by atoms with E-state index in [1.807, 2.05) is 0 Å². The summed E-state index contributed by atoms with van der Waals surface area (Å²) in [5, 5.41) is 0. The van der Waals surface area contributed by atoms with Gasteiger partial charge in [0.25, 0.3) is 0 Å². The summed E-state index contributed by atoms with van der Waals surface area (Å²) in [7, 11) is -3.38. The molecule has 1 atom stereocenters. The summed E-state index contributed by atoms with van der Waals surface area (Å²) in [6.45, 7) is 1.12. The van der Waals surface area contributed by atoms with Crippen molar-refractivity contribution < 1.29 is 13.2 Å². The molecule has 0 aromatic rings. The molecule has 1 aliphatic rings. The van der Waals surface area contributed by atoms with Gasteiger partial charge in [-0.3, -0.25) is 14.5 Å². The number of guanidine groups is 1. The molecule has 1 saturated heterocycles. The maximum absolute atomic E-state index is 11.9. The Kier molecular flexibility index (Phi) is 7.63. The van der Waals surface area contributed by atoms with Gasteiger partial charge in [0.15, 0.2) is 0 Å². The van der Waals surface area contributed by atoms with E-state index >= 15 is 0 Å². The molecule has 11 heteroatoms. The maximum atomic E-state index is 11.9. The number of aliphatic imine (C=N–C) groups is 1. The molecule has 0 saturated carbocycles. The average molecular weight is 356 g/mol. The Morgan fingerprint density at radius 1 is 1.57 bits per heavy atom. The van der Waals surface area contributed by atoms with Gasteiger partial charge < -0.3 is 16.4 Å². The Labute approximate surface area is 133 Å². The molecular formula is C10H21N5O3S3. The third-order valence-electron chi connectivity index (χ3n) is 2.49. The zero-order valence-electron chi connectivity index (χ0n) is 11.8. The molecule has 122 valence electrons. The maximum Gasteiger partial charge on any atom is 0.241 e. The molecule has 21 heavy (non-hydrogen) atoms. The summed E-state index contributed by atoms with van der Waals surface area (Å²) >= 11 is 3.21. The Morgan fingerprint density at radius 2 is 2.29 bits per heavy atom. The lowest BCUT2D eigenvalue weighted by Gasteiger charge is -2.19. The average Bonchev–Trinajstić information content (AvgIpc) is 2.88. The highest BCUT2D eigenvalue weighted by Gasteiger charge is 2.23. The van der Waals surface area contributed by atoms with Gasteiger partial charge in [-0.15, -0.1) is 11.8 Å². The lowest BCUT2D eigenvalue weighted by molar-refractivity contribution is -0.130. The molecular weight excluding hydrogens is 334 g/mol. The van der Waals surface area contributed by atoms with Crippen LogP contribution in [0.2, 0.25) is 0 Å². The SMILES string of the molecule is CS(=O)(=O)NC(N)=NCCSC[C@@H](N)C(=O)N1CCSC1. The minimum Gasteiger partial charge on any atom is -0.369 e. The van der Waals surface area contributed by atoms with Crippen LogP contribution in [0.25, 0.3) is 0 Å². The quantitative estimate of drug-likeness (QED) is 0.286. The number of nitrogens with zero attached hydrogens (tertiary/aromatic N) is 2. The van der Waals surface area contributed by atoms with Crippen LogP contribution in [0.15, 0.2) is 4.99 Å². The fourth-order valence-electron chi connectivity index (χ4n) is 1.56. The largest absolute Gasteiger partial charge is 0.369 e. The number of carbonyl (C=O) groups excluding carboxylic acids is 1. The normalized spacial score (nSPS) is 17.8. The lowest BCUT2D eigenvalue weighted by Crippen LogP contribution is -2.44. The predicted octanol–water partition coefficient (Wildman–Crippen LogP) is -1.56. The predicted molar refractivity (Wildman–Crippen MR) is 88.8 cm³/mol. The summed E-state index contributed by atoms with van der Waals surface area (Å²) < 4.78 is 23.8. The van der Waals surface area contributed by atoms with E-state index in [-0.39, 0.29) is 11.9 Å². The zero-order chi connectivity index (χ0) is 15.9. The van der Waals surface area contributed by atoms with Gasteiger partial charge >= 0.3 is 0 Å². The monoisotopic (exact) mass is 355 g/mol. The number of nitrogens with one attached hydrogen (secondary N) is 1. The number of nitrogens with two attached hydrogens (primary N) is 2. The summed E-state index contributed by atoms with van der Waals surface area (Å²) in [6.07, 6.45) is 1.01. The van der Waals surface area contributed by atoms with Crippen LogP contribution in [0.4, 0.5) is 0 Å². The van der Waals surface area contributed by atoms with Crippen molar-refractivity contribution in [2.24, 2.45) is 16.5 Å². The molecule has 0 spiro atoms. The van der Waals surface area contributed by atoms with Crippen LogP contribution in [0.5, 0.6) is 0 Å². The molecule has 0 radical (unpaired) electrons. The van der Waals surface area contributed by atoms with E-state index in [2.05, 4.69) is 9.71 Å². The van der Waals surface area contributed by atoms with Crippen LogP contribution in [0.1, 0.15) is 0 Å². The first-order valence-corrected chi connectivity index (χ1v) is 10.5. The minimum atomic E-state index is -3.38. The molecule has 1 amide bonds. The first-order valence-electron chi connectivity index (χ1n) is 6.27. The number of hydrogen-bond donors (Lipinski definition) is 3. The van der Waals surface area contributed by atoms with Crippen molar-refractivity contribution >= 4 is 45.4 Å². The van der Waals surface area contributed by atoms with Gasteiger partial charge in [0, 0.05) is 23.8 Å². The van der Waals surface area contributed by atoms with Crippen LogP contribution in [-0.4, -0.2) is 73.7 Å². The summed E-state index contributed by atoms with van der Waals surface area (Å²) in [6, 6.07) is -0.510. The Bertz CT molecular complexity index is 476. The second kappa shape index (κ2) is 8.71. The Hall–Kier alpha value is -0.650. The van der Waals surface area contributed by atoms with Crippen molar-refractivity contribution in [1.29, 1.82) is 0 Å². The van der Waals surface area contributed by atoms with E-state index in [1.165, 1.54) is 11.8 Å². The van der Waals surface area contributed by atoms with Gasteiger partial charge in [-0.05, 0) is 0 Å². The van der Waals surface area contributed by atoms with E-state index in [1.54, 1.807) is 16.7 Å². The molecule has 0 aromatic carbocycles. The highest BCUT2D eigenvalue weighted by molar-refractivity contribution is 7.99. The van der Waals surface area contributed by atoms with Crippen molar-refractivity contribution in [3.8, 4) is 0 Å². The van der Waals surface area contributed by atoms with Gasteiger partial charge in [-0.25, -0.2) is 8.42 Å². The molecule has 0 aliphatic carbocycles. The van der Waals surface area contributed by atoms with Gasteiger partial charge in [0.1, 0.15) is 0 Å². The van der Waals surface area contributed by atoms with E-state index in [0.717, 1.165) is 24.4 Å². The fraction of sp³-hybridized carbons (Fsp3) is 0.800. The van der Waals surface area contributed by atoms with Crippen molar-refractivity contribution in [3.63, 3.8) is 0 Å². The van der Waals surface area contributed by atoms with E-state index in [9.17, 15) is 13.2 Å².